The number of aromatic nitrogens is 2. The van der Waals surface area contributed by atoms with Gasteiger partial charge in [-0.15, -0.1) is 0 Å². The van der Waals surface area contributed by atoms with E-state index >= 15 is 0 Å². The largest absolute Gasteiger partial charge is 0.447 e. The van der Waals surface area contributed by atoms with Crippen LogP contribution in [0.2, 0.25) is 0 Å². The Morgan fingerprint density at radius 3 is 2.27 bits per heavy atom. The number of aryl methyl sites for hydroxylation is 1. The number of carbonyl (C=O) groups excluding carboxylic acids is 1. The number of hydrogen-bond acceptors (Lipinski definition) is 5. The summed E-state index contributed by atoms with van der Waals surface area (Å²) in [6.07, 6.45) is -9.21. The maximum absolute atomic E-state index is 13.9. The lowest BCUT2D eigenvalue weighted by molar-refractivity contribution is -0.357. The predicted octanol–water partition coefficient (Wildman–Crippen LogP) is 4.02. The van der Waals surface area contributed by atoms with E-state index in [9.17, 15) is 41.4 Å². The molecule has 2 N–H and O–H groups in total. The smallest absolute Gasteiger partial charge is 0.355 e. The van der Waals surface area contributed by atoms with Crippen molar-refractivity contribution in [2.75, 3.05) is 0 Å². The fourth-order valence-electron chi connectivity index (χ4n) is 3.20. The Hall–Kier alpha value is -2.79. The van der Waals surface area contributed by atoms with Crippen molar-refractivity contribution in [2.24, 2.45) is 0 Å². The summed E-state index contributed by atoms with van der Waals surface area (Å²) in [6, 6.07) is 2.85. The summed E-state index contributed by atoms with van der Waals surface area (Å²) in [5, 5.41) is 18.6. The average Bonchev–Trinajstić information content (AvgIpc) is 2.63. The monoisotopic (exact) mass is 432 g/mol. The van der Waals surface area contributed by atoms with Gasteiger partial charge in [-0.1, -0.05) is 0 Å². The van der Waals surface area contributed by atoms with E-state index in [0.717, 1.165) is 12.4 Å². The van der Waals surface area contributed by atoms with E-state index in [1.165, 1.54) is 19.1 Å². The Bertz CT molecular complexity index is 1140. The van der Waals surface area contributed by atoms with Crippen molar-refractivity contribution in [3.63, 3.8) is 0 Å². The molecule has 0 aliphatic rings. The van der Waals surface area contributed by atoms with Crippen LogP contribution < -0.4 is 0 Å². The highest BCUT2D eigenvalue weighted by molar-refractivity contribution is 6.07. The van der Waals surface area contributed by atoms with E-state index in [4.69, 9.17) is 0 Å². The van der Waals surface area contributed by atoms with Crippen LogP contribution in [0.15, 0.2) is 30.6 Å². The highest BCUT2D eigenvalue weighted by atomic mass is 19.4. The number of carbonyl (C=O) groups is 1. The molecule has 0 bridgehead atoms. The second-order valence-electron chi connectivity index (χ2n) is 6.75. The molecule has 0 radical (unpaired) electrons. The van der Waals surface area contributed by atoms with Gasteiger partial charge >= 0.3 is 12.4 Å². The predicted molar refractivity (Wildman–Crippen MR) is 93.2 cm³/mol. The van der Waals surface area contributed by atoms with Crippen LogP contribution in [0.1, 0.15) is 30.0 Å². The van der Waals surface area contributed by atoms with Gasteiger partial charge in [0.05, 0.1) is 16.6 Å². The van der Waals surface area contributed by atoms with Crippen LogP contribution in [0.5, 0.6) is 0 Å². The molecule has 1 aromatic carbocycles. The van der Waals surface area contributed by atoms with E-state index in [0.29, 0.717) is 6.07 Å². The number of Topliss-reactive ketones (excluding diaryl/α,β-unsaturated/α-hetero) is 1. The molecule has 2 aromatic heterocycles. The third kappa shape index (κ3) is 3.70. The van der Waals surface area contributed by atoms with Gasteiger partial charge < -0.3 is 15.0 Å². The summed E-state index contributed by atoms with van der Waals surface area (Å²) < 4.78 is 81.5. The molecule has 0 unspecified atom stereocenters. The van der Waals surface area contributed by atoms with Gasteiger partial charge in [-0.25, -0.2) is 0 Å². The maximum Gasteiger partial charge on any atom is 0.447 e. The van der Waals surface area contributed by atoms with Crippen molar-refractivity contribution in [2.45, 2.75) is 37.9 Å². The number of hydrogen-bond donors (Lipinski definition) is 2. The van der Waals surface area contributed by atoms with Crippen LogP contribution in [0.3, 0.4) is 0 Å². The van der Waals surface area contributed by atoms with Crippen LogP contribution in [0.4, 0.5) is 26.3 Å². The molecule has 0 atom stereocenters. The summed E-state index contributed by atoms with van der Waals surface area (Å²) in [5.41, 5.74) is -3.80. The third-order valence-corrected chi connectivity index (χ3v) is 4.60. The number of pyridine rings is 2. The summed E-state index contributed by atoms with van der Waals surface area (Å²) in [6.45, 7) is 1.19. The first kappa shape index (κ1) is 21.9. The molecule has 0 saturated heterocycles. The Labute approximate surface area is 165 Å². The summed E-state index contributed by atoms with van der Waals surface area (Å²) in [4.78, 5) is 18.9. The molecule has 0 aliphatic heterocycles. The number of rotatable bonds is 4. The molecule has 0 saturated carbocycles. The minimum atomic E-state index is -5.61. The van der Waals surface area contributed by atoms with Crippen molar-refractivity contribution in [1.82, 2.24) is 9.97 Å². The lowest BCUT2D eigenvalue weighted by Crippen LogP contribution is -2.42. The number of nitrogens with zero attached hydrogens (tertiary/aromatic N) is 2. The summed E-state index contributed by atoms with van der Waals surface area (Å²) in [7, 11) is 0. The highest BCUT2D eigenvalue weighted by Gasteiger charge is 2.55. The van der Waals surface area contributed by atoms with Gasteiger partial charge in [0.1, 0.15) is 5.78 Å². The lowest BCUT2D eigenvalue weighted by Gasteiger charge is -2.26. The van der Waals surface area contributed by atoms with E-state index in [1.54, 1.807) is 0 Å². The van der Waals surface area contributed by atoms with E-state index < -0.39 is 45.7 Å². The number of benzene rings is 1. The first-order valence-corrected chi connectivity index (χ1v) is 8.53. The minimum Gasteiger partial charge on any atom is -0.355 e. The number of ketones is 1. The topological polar surface area (TPSA) is 83.3 Å². The van der Waals surface area contributed by atoms with Crippen molar-refractivity contribution in [3.8, 4) is 0 Å². The van der Waals surface area contributed by atoms with Crippen LogP contribution in [-0.2, 0) is 23.2 Å². The average molecular weight is 432 g/mol. The first-order chi connectivity index (χ1) is 13.7. The Balaban J connectivity index is 2.48. The van der Waals surface area contributed by atoms with E-state index in [2.05, 4.69) is 9.97 Å². The number of halogens is 6. The normalized spacial score (nSPS) is 13.2. The van der Waals surface area contributed by atoms with E-state index in [1.807, 2.05) is 0 Å². The zero-order chi connectivity index (χ0) is 22.5. The molecular weight excluding hydrogens is 418 g/mol. The molecule has 3 rings (SSSR count). The molecule has 0 amide bonds. The standard InChI is InChI=1S/C19H14F6N2O3/c1-9(28)4-5-10-8-27-15-11-3-2-6-26-16(11)13(17(29,30)19(23,24)25)7-12(15)14(10)18(20,21)22/h2-3,6-8,29-30H,4-5H2,1H3. The number of fused-ring (bicyclic) bond motifs is 3. The molecule has 5 nitrogen and oxygen atoms in total. The minimum absolute atomic E-state index is 0.217. The van der Waals surface area contributed by atoms with Crippen molar-refractivity contribution in [1.29, 1.82) is 0 Å². The van der Waals surface area contributed by atoms with Gasteiger partial charge in [-0.3, -0.25) is 9.97 Å². The van der Waals surface area contributed by atoms with Crippen molar-refractivity contribution < 1.29 is 41.4 Å². The molecular formula is C19H14F6N2O3. The van der Waals surface area contributed by atoms with Crippen LogP contribution in [-0.4, -0.2) is 32.1 Å². The van der Waals surface area contributed by atoms with Crippen LogP contribution in [0.25, 0.3) is 21.8 Å². The zero-order valence-electron chi connectivity index (χ0n) is 15.3. The van der Waals surface area contributed by atoms with Gasteiger partial charge in [0, 0.05) is 35.2 Å². The summed E-state index contributed by atoms with van der Waals surface area (Å²) in [5.74, 6) is -4.83. The van der Waals surface area contributed by atoms with Gasteiger partial charge in [-0.2, -0.15) is 26.3 Å². The third-order valence-electron chi connectivity index (χ3n) is 4.60. The second-order valence-corrected chi connectivity index (χ2v) is 6.75. The maximum atomic E-state index is 13.9. The zero-order valence-corrected chi connectivity index (χ0v) is 15.3. The van der Waals surface area contributed by atoms with Gasteiger partial charge in [0.2, 0.25) is 0 Å². The lowest BCUT2D eigenvalue weighted by atomic mass is 9.92. The van der Waals surface area contributed by atoms with E-state index in [-0.39, 0.29) is 29.5 Å². The first-order valence-electron chi connectivity index (χ1n) is 8.53. The van der Waals surface area contributed by atoms with Crippen LogP contribution >= 0.6 is 0 Å². The van der Waals surface area contributed by atoms with Crippen LogP contribution in [0, 0.1) is 0 Å². The number of aliphatic hydroxyl groups is 2. The quantitative estimate of drug-likeness (QED) is 0.370. The molecule has 0 fully saturated rings. The molecule has 160 valence electrons. The van der Waals surface area contributed by atoms with Crippen molar-refractivity contribution in [3.05, 3.63) is 47.3 Å². The number of alkyl halides is 6. The Morgan fingerprint density at radius 2 is 1.70 bits per heavy atom. The van der Waals surface area contributed by atoms with Crippen molar-refractivity contribution >= 4 is 27.6 Å². The molecule has 11 heteroatoms. The molecule has 0 aliphatic carbocycles. The molecule has 3 aromatic rings. The highest BCUT2D eigenvalue weighted by Crippen LogP contribution is 2.44. The van der Waals surface area contributed by atoms with Gasteiger partial charge in [-0.05, 0) is 37.1 Å². The SMILES string of the molecule is CC(=O)CCc1cnc2c(cc(C(O)(O)C(F)(F)F)c3ncccc32)c1C(F)(F)F. The fraction of sp³-hybridized carbons (Fsp3) is 0.316. The second kappa shape index (κ2) is 7.17. The summed E-state index contributed by atoms with van der Waals surface area (Å²) >= 11 is 0. The Morgan fingerprint density at radius 1 is 1.03 bits per heavy atom. The fourth-order valence-corrected chi connectivity index (χ4v) is 3.20. The molecule has 30 heavy (non-hydrogen) atoms. The Kier molecular flexibility index (Phi) is 5.23. The molecule has 2 heterocycles. The molecule has 0 spiro atoms. The van der Waals surface area contributed by atoms with Gasteiger partial charge in [0.15, 0.2) is 0 Å². The van der Waals surface area contributed by atoms with Gasteiger partial charge in [0.25, 0.3) is 5.79 Å².